The van der Waals surface area contributed by atoms with Crippen molar-refractivity contribution < 1.29 is 19.6 Å². The molecule has 0 heterocycles. The van der Waals surface area contributed by atoms with E-state index in [2.05, 4.69) is 50.5 Å². The quantitative estimate of drug-likeness (QED) is 0.0795. The van der Waals surface area contributed by atoms with E-state index in [4.69, 9.17) is 4.74 Å². The van der Waals surface area contributed by atoms with Gasteiger partial charge in [0.1, 0.15) is 29.7 Å². The van der Waals surface area contributed by atoms with Crippen molar-refractivity contribution >= 4 is 68.5 Å². The number of ether oxygens (including phenoxy) is 1. The van der Waals surface area contributed by atoms with E-state index in [1.807, 2.05) is 37.3 Å². The van der Waals surface area contributed by atoms with Crippen LogP contribution in [-0.4, -0.2) is 15.9 Å². The summed E-state index contributed by atoms with van der Waals surface area (Å²) in [5.74, 6) is -0.520. The molecule has 2 N–H and O–H groups in total. The van der Waals surface area contributed by atoms with Crippen LogP contribution in [0.2, 0.25) is 0 Å². The lowest BCUT2D eigenvalue weighted by Crippen LogP contribution is -2.13. The Labute approximate surface area is 222 Å². The van der Waals surface area contributed by atoms with Gasteiger partial charge in [0.2, 0.25) is 0 Å². The Hall–Kier alpha value is -3.18. The summed E-state index contributed by atoms with van der Waals surface area (Å²) in [6.45, 7) is 2.43. The number of phenols is 1. The number of amides is 1. The number of phenolic OH excluding ortho intramolecular Hbond substituents is 1. The van der Waals surface area contributed by atoms with Gasteiger partial charge in [-0.3, -0.25) is 14.9 Å². The molecule has 3 rings (SSSR count). The van der Waals surface area contributed by atoms with Crippen LogP contribution in [-0.2, 0) is 11.4 Å². The SMILES string of the molecule is Cc1ccc(COc2c(I)cc(C=C(C#N)C(=O)Nc3ccc([N+](=O)[O-])cc3O)cc2I)cc1. The van der Waals surface area contributed by atoms with E-state index in [1.54, 1.807) is 12.1 Å². The highest BCUT2D eigenvalue weighted by Gasteiger charge is 2.16. The highest BCUT2D eigenvalue weighted by atomic mass is 127. The second kappa shape index (κ2) is 11.3. The number of nitrogens with one attached hydrogen (secondary N) is 1. The van der Waals surface area contributed by atoms with E-state index in [-0.39, 0.29) is 16.9 Å². The Morgan fingerprint density at radius 2 is 1.82 bits per heavy atom. The summed E-state index contributed by atoms with van der Waals surface area (Å²) in [4.78, 5) is 22.7. The molecule has 0 spiro atoms. The number of nitrogens with zero attached hydrogens (tertiary/aromatic N) is 2. The number of benzene rings is 3. The number of rotatable bonds is 7. The van der Waals surface area contributed by atoms with Gasteiger partial charge in [-0.25, -0.2) is 0 Å². The lowest BCUT2D eigenvalue weighted by atomic mass is 10.1. The Bertz CT molecular complexity index is 1310. The van der Waals surface area contributed by atoms with E-state index in [0.717, 1.165) is 24.8 Å². The molecule has 0 atom stereocenters. The molecule has 3 aromatic carbocycles. The van der Waals surface area contributed by atoms with Crippen molar-refractivity contribution in [1.82, 2.24) is 0 Å². The lowest BCUT2D eigenvalue weighted by molar-refractivity contribution is -0.384. The number of non-ortho nitro benzene ring substituents is 1. The molecule has 0 fully saturated rings. The molecule has 0 aliphatic rings. The van der Waals surface area contributed by atoms with E-state index < -0.39 is 16.6 Å². The van der Waals surface area contributed by atoms with Crippen LogP contribution in [0.4, 0.5) is 11.4 Å². The van der Waals surface area contributed by atoms with E-state index in [0.29, 0.717) is 17.9 Å². The fourth-order valence-corrected chi connectivity index (χ4v) is 5.01. The number of nitro groups is 1. The highest BCUT2D eigenvalue weighted by molar-refractivity contribution is 14.1. The van der Waals surface area contributed by atoms with Crippen LogP contribution < -0.4 is 10.1 Å². The van der Waals surface area contributed by atoms with Gasteiger partial charge in [0.25, 0.3) is 11.6 Å². The molecule has 0 radical (unpaired) electrons. The van der Waals surface area contributed by atoms with Crippen LogP contribution in [0.25, 0.3) is 6.08 Å². The topological polar surface area (TPSA) is 125 Å². The molecule has 0 bridgehead atoms. The summed E-state index contributed by atoms with van der Waals surface area (Å²) >= 11 is 4.27. The number of aryl methyl sites for hydroxylation is 1. The fraction of sp³-hybridized carbons (Fsp3) is 0.0833. The molecule has 0 aliphatic carbocycles. The van der Waals surface area contributed by atoms with Gasteiger partial charge in [0.15, 0.2) is 0 Å². The highest BCUT2D eigenvalue weighted by Crippen LogP contribution is 2.31. The standard InChI is InChI=1S/C24H17I2N3O5/c1-14-2-4-15(5-3-14)13-34-23-19(25)9-16(10-20(23)26)8-17(12-27)24(31)28-21-7-6-18(29(32)33)11-22(21)30/h2-11,30H,13H2,1H3,(H,28,31). The molecule has 0 aliphatic heterocycles. The second-order valence-electron chi connectivity index (χ2n) is 7.17. The first-order valence-corrected chi connectivity index (χ1v) is 11.9. The molecule has 172 valence electrons. The maximum Gasteiger partial charge on any atom is 0.273 e. The average molecular weight is 681 g/mol. The molecule has 8 nitrogen and oxygen atoms in total. The molecule has 1 amide bonds. The van der Waals surface area contributed by atoms with Gasteiger partial charge in [0, 0.05) is 6.07 Å². The lowest BCUT2D eigenvalue weighted by Gasteiger charge is -2.12. The normalized spacial score (nSPS) is 10.9. The Balaban J connectivity index is 1.77. The monoisotopic (exact) mass is 681 g/mol. The van der Waals surface area contributed by atoms with Crippen LogP contribution in [0.3, 0.4) is 0 Å². The molecule has 3 aromatic rings. The molecule has 0 unspecified atom stereocenters. The maximum atomic E-state index is 12.6. The van der Waals surface area contributed by atoms with E-state index >= 15 is 0 Å². The summed E-state index contributed by atoms with van der Waals surface area (Å²) in [6.07, 6.45) is 1.42. The second-order valence-corrected chi connectivity index (χ2v) is 9.49. The Morgan fingerprint density at radius 3 is 2.38 bits per heavy atom. The zero-order chi connectivity index (χ0) is 24.8. The minimum atomic E-state index is -0.753. The number of hydrogen-bond acceptors (Lipinski definition) is 6. The van der Waals surface area contributed by atoms with Crippen LogP contribution in [0.15, 0.2) is 60.2 Å². The number of nitriles is 1. The summed E-state index contributed by atoms with van der Waals surface area (Å²) in [7, 11) is 0. The third kappa shape index (κ3) is 6.45. The fourth-order valence-electron chi connectivity index (χ4n) is 2.88. The van der Waals surface area contributed by atoms with Crippen molar-refractivity contribution in [3.8, 4) is 17.6 Å². The summed E-state index contributed by atoms with van der Waals surface area (Å²) < 4.78 is 7.62. The van der Waals surface area contributed by atoms with Crippen LogP contribution >= 0.6 is 45.2 Å². The zero-order valence-corrected chi connectivity index (χ0v) is 22.0. The minimum absolute atomic E-state index is 0.0410. The number of halogens is 2. The average Bonchev–Trinajstić information content (AvgIpc) is 2.79. The first-order chi connectivity index (χ1) is 16.2. The molecular weight excluding hydrogens is 664 g/mol. The smallest absolute Gasteiger partial charge is 0.273 e. The summed E-state index contributed by atoms with van der Waals surface area (Å²) in [5, 5.41) is 32.6. The van der Waals surface area contributed by atoms with Gasteiger partial charge >= 0.3 is 0 Å². The predicted molar refractivity (Wildman–Crippen MR) is 144 cm³/mol. The number of nitro benzene ring substituents is 1. The first kappa shape index (κ1) is 25.4. The van der Waals surface area contributed by atoms with Gasteiger partial charge in [-0.05, 0) is 87.5 Å². The molecule has 0 saturated heterocycles. The third-order valence-corrected chi connectivity index (χ3v) is 6.24. The summed E-state index contributed by atoms with van der Waals surface area (Å²) in [6, 6.07) is 16.8. The van der Waals surface area contributed by atoms with Gasteiger partial charge in [-0.2, -0.15) is 5.26 Å². The first-order valence-electron chi connectivity index (χ1n) is 9.76. The summed E-state index contributed by atoms with van der Waals surface area (Å²) in [5.41, 5.74) is 2.28. The number of carbonyl (C=O) groups is 1. The zero-order valence-electron chi connectivity index (χ0n) is 17.7. The van der Waals surface area contributed by atoms with Crippen molar-refractivity contribution in [1.29, 1.82) is 5.26 Å². The van der Waals surface area contributed by atoms with Crippen LogP contribution in [0.1, 0.15) is 16.7 Å². The number of anilines is 1. The number of carbonyl (C=O) groups excluding carboxylic acids is 1. The van der Waals surface area contributed by atoms with Gasteiger partial charge in [-0.15, -0.1) is 0 Å². The molecule has 34 heavy (non-hydrogen) atoms. The van der Waals surface area contributed by atoms with Crippen molar-refractivity contribution in [2.45, 2.75) is 13.5 Å². The van der Waals surface area contributed by atoms with Crippen molar-refractivity contribution in [2.75, 3.05) is 5.32 Å². The van der Waals surface area contributed by atoms with E-state index in [1.165, 1.54) is 17.7 Å². The molecule has 10 heteroatoms. The third-order valence-electron chi connectivity index (χ3n) is 4.64. The molecular formula is C24H17I2N3O5. The van der Waals surface area contributed by atoms with Crippen molar-refractivity contribution in [2.24, 2.45) is 0 Å². The Kier molecular flexibility index (Phi) is 8.46. The van der Waals surface area contributed by atoms with Crippen LogP contribution in [0.5, 0.6) is 11.5 Å². The molecule has 0 saturated carbocycles. The number of aromatic hydroxyl groups is 1. The van der Waals surface area contributed by atoms with Crippen molar-refractivity contribution in [3.05, 3.63) is 94.1 Å². The van der Waals surface area contributed by atoms with Gasteiger partial charge in [0.05, 0.1) is 23.8 Å². The van der Waals surface area contributed by atoms with Crippen LogP contribution in [0, 0.1) is 35.5 Å². The molecule has 0 aromatic heterocycles. The van der Waals surface area contributed by atoms with Gasteiger partial charge < -0.3 is 15.2 Å². The van der Waals surface area contributed by atoms with Crippen molar-refractivity contribution in [3.63, 3.8) is 0 Å². The minimum Gasteiger partial charge on any atom is -0.506 e. The van der Waals surface area contributed by atoms with E-state index in [9.17, 15) is 25.3 Å². The van der Waals surface area contributed by atoms with Gasteiger partial charge in [-0.1, -0.05) is 29.8 Å². The maximum absolute atomic E-state index is 12.6. The number of hydrogen-bond donors (Lipinski definition) is 2. The Morgan fingerprint density at radius 1 is 1.18 bits per heavy atom. The largest absolute Gasteiger partial charge is 0.506 e. The predicted octanol–water partition coefficient (Wildman–Crippen LogP) is 5.94.